The molecule has 0 unspecified atom stereocenters. The summed E-state index contributed by atoms with van der Waals surface area (Å²) in [5, 5.41) is 3.39. The molecule has 6 heteroatoms. The maximum atomic E-state index is 4.72. The molecule has 4 rings (SSSR count). The molecule has 0 saturated carbocycles. The molecule has 0 aliphatic carbocycles. The van der Waals surface area contributed by atoms with Gasteiger partial charge in [0.25, 0.3) is 0 Å². The minimum Gasteiger partial charge on any atom is -0.0622 e. The van der Waals surface area contributed by atoms with E-state index >= 15 is 0 Å². The quantitative estimate of drug-likeness (QED) is 0.429. The molecule has 142 valence electrons. The Labute approximate surface area is 169 Å². The minimum atomic E-state index is -2.11. The van der Waals surface area contributed by atoms with Crippen molar-refractivity contribution < 1.29 is 0 Å². The van der Waals surface area contributed by atoms with Gasteiger partial charge in [-0.1, -0.05) is 18.2 Å². The first-order chi connectivity index (χ1) is 13.4. The van der Waals surface area contributed by atoms with Crippen molar-refractivity contribution in [3.05, 3.63) is 72.7 Å². The maximum absolute atomic E-state index is 4.72. The number of anilines is 1. The second-order valence-electron chi connectivity index (χ2n) is 8.08. The first-order valence-corrected chi connectivity index (χ1v) is 19.5. The molecule has 2 aromatic carbocycles. The molecule has 28 heavy (non-hydrogen) atoms. The van der Waals surface area contributed by atoms with Crippen LogP contribution < -0.4 is 8.90 Å². The van der Waals surface area contributed by atoms with Gasteiger partial charge in [0.05, 0.1) is 0 Å². The molecule has 0 saturated heterocycles. The summed E-state index contributed by atoms with van der Waals surface area (Å²) in [7, 11) is 0. The predicted molar refractivity (Wildman–Crippen MR) is 118 cm³/mol. The van der Waals surface area contributed by atoms with Crippen LogP contribution in [-0.2, 0) is 0 Å². The van der Waals surface area contributed by atoms with Gasteiger partial charge in [0.2, 0.25) is 0 Å². The Morgan fingerprint density at radius 3 is 2.50 bits per heavy atom. The average Bonchev–Trinajstić information content (AvgIpc) is 3.11. The molecule has 0 radical (unpaired) electrons. The Bertz CT molecular complexity index is 1100. The van der Waals surface area contributed by atoms with E-state index in [-0.39, 0.29) is 6.04 Å². The molecule has 0 aliphatic heterocycles. The van der Waals surface area contributed by atoms with Gasteiger partial charge in [-0.05, 0) is 0 Å². The van der Waals surface area contributed by atoms with Crippen molar-refractivity contribution in [1.29, 1.82) is 0 Å². The van der Waals surface area contributed by atoms with Crippen molar-refractivity contribution in [3.8, 4) is 5.82 Å². The first-order valence-electron chi connectivity index (χ1n) is 9.54. The van der Waals surface area contributed by atoms with Crippen LogP contribution in [0.4, 0.5) is 5.95 Å². The van der Waals surface area contributed by atoms with Crippen LogP contribution in [-0.4, -0.2) is 37.9 Å². The third-order valence-electron chi connectivity index (χ3n) is 4.95. The molecule has 5 nitrogen and oxygen atoms in total. The second kappa shape index (κ2) is 7.54. The van der Waals surface area contributed by atoms with Crippen molar-refractivity contribution in [2.45, 2.75) is 27.8 Å². The molecular weight excluding hydrogens is 453 g/mol. The summed E-state index contributed by atoms with van der Waals surface area (Å²) in [6, 6.07) is 19.0. The molecule has 4 aromatic rings. The summed E-state index contributed by atoms with van der Waals surface area (Å²) in [5.74, 6) is 1.42. The first kappa shape index (κ1) is 18.9. The van der Waals surface area contributed by atoms with Crippen molar-refractivity contribution >= 4 is 38.9 Å². The van der Waals surface area contributed by atoms with E-state index < -0.39 is 18.4 Å². The topological polar surface area (TPSA) is 55.6 Å². The Morgan fingerprint density at radius 1 is 0.964 bits per heavy atom. The number of rotatable bonds is 5. The van der Waals surface area contributed by atoms with E-state index in [2.05, 4.69) is 67.4 Å². The van der Waals surface area contributed by atoms with Gasteiger partial charge < -0.3 is 0 Å². The summed E-state index contributed by atoms with van der Waals surface area (Å²) < 4.78 is 3.51. The molecule has 2 heterocycles. The number of imidazole rings is 1. The van der Waals surface area contributed by atoms with Gasteiger partial charge in [-0.15, -0.1) is 0 Å². The Kier molecular flexibility index (Phi) is 5.10. The standard InChI is InChI=1S/C19H16N5.3CH3.Sn/c1-14(15-7-3-2-4-8-15)22-19-20-12-11-18(23-19)24-13-21-16-9-5-6-10-17(16)24;;;;/h2-4,6-14H,1H3,(H,20,22,23);3*1H3;/t14-;;;;/m0..../s1. The summed E-state index contributed by atoms with van der Waals surface area (Å²) >= 11 is -2.11. The van der Waals surface area contributed by atoms with Crippen molar-refractivity contribution in [3.63, 3.8) is 0 Å². The van der Waals surface area contributed by atoms with Gasteiger partial charge in [0, 0.05) is 0 Å². The smallest absolute Gasteiger partial charge is 0.0622 e. The van der Waals surface area contributed by atoms with Crippen molar-refractivity contribution in [2.75, 3.05) is 5.32 Å². The molecule has 0 fully saturated rings. The van der Waals surface area contributed by atoms with Crippen LogP contribution in [0.3, 0.4) is 0 Å². The van der Waals surface area contributed by atoms with E-state index in [9.17, 15) is 0 Å². The van der Waals surface area contributed by atoms with E-state index in [0.29, 0.717) is 5.95 Å². The third kappa shape index (κ3) is 3.90. The van der Waals surface area contributed by atoms with Crippen LogP contribution >= 0.6 is 0 Å². The zero-order valence-electron chi connectivity index (χ0n) is 16.7. The number of nitrogens with one attached hydrogen (secondary N) is 1. The fourth-order valence-corrected chi connectivity index (χ4v) is 6.52. The van der Waals surface area contributed by atoms with Gasteiger partial charge in [0.15, 0.2) is 0 Å². The zero-order valence-corrected chi connectivity index (χ0v) is 19.6. The molecule has 2 aromatic heterocycles. The fraction of sp³-hybridized carbons (Fsp3) is 0.227. The number of hydrogen-bond acceptors (Lipinski definition) is 4. The van der Waals surface area contributed by atoms with Gasteiger partial charge in [-0.25, -0.2) is 0 Å². The minimum absolute atomic E-state index is 0.123. The molecule has 0 spiro atoms. The number of nitrogens with zero attached hydrogens (tertiary/aromatic N) is 4. The van der Waals surface area contributed by atoms with Crippen LogP contribution in [0.15, 0.2) is 67.1 Å². The molecule has 1 atom stereocenters. The molecule has 0 amide bonds. The van der Waals surface area contributed by atoms with Crippen molar-refractivity contribution in [1.82, 2.24) is 19.5 Å². The summed E-state index contributed by atoms with van der Waals surface area (Å²) in [6.45, 7) is 2.11. The van der Waals surface area contributed by atoms with E-state index in [0.717, 1.165) is 16.9 Å². The molecular formula is C22H25N5Sn. The predicted octanol–water partition coefficient (Wildman–Crippen LogP) is 4.53. The van der Waals surface area contributed by atoms with Gasteiger partial charge in [-0.2, -0.15) is 0 Å². The normalized spacial score (nSPS) is 12.9. The monoisotopic (exact) mass is 479 g/mol. The number of aromatic nitrogens is 4. The number of hydrogen-bond donors (Lipinski definition) is 1. The zero-order chi connectivity index (χ0) is 19.7. The number of fused-ring (bicyclic) bond motifs is 1. The third-order valence-corrected chi connectivity index (χ3v) is 10.8. The SMILES string of the molecule is C[C@H](Nc1nccc(-n2cnc3c[c]([Sn]([CH3])([CH3])[CH3])ccc32)n1)c1ccccc1. The van der Waals surface area contributed by atoms with E-state index in [1.54, 1.807) is 6.20 Å². The summed E-state index contributed by atoms with van der Waals surface area (Å²) in [6.07, 6.45) is 3.63. The van der Waals surface area contributed by atoms with Crippen molar-refractivity contribution in [2.24, 2.45) is 0 Å². The van der Waals surface area contributed by atoms with Crippen LogP contribution in [0.5, 0.6) is 0 Å². The summed E-state index contributed by atoms with van der Waals surface area (Å²) in [5.41, 5.74) is 3.29. The second-order valence-corrected chi connectivity index (χ2v) is 22.6. The van der Waals surface area contributed by atoms with E-state index in [1.807, 2.05) is 35.2 Å². The van der Waals surface area contributed by atoms with Crippen LogP contribution in [0.2, 0.25) is 14.8 Å². The Morgan fingerprint density at radius 2 is 1.75 bits per heavy atom. The summed E-state index contributed by atoms with van der Waals surface area (Å²) in [4.78, 5) is 21.0. The Hall–Kier alpha value is -2.41. The van der Waals surface area contributed by atoms with Crippen LogP contribution in [0.1, 0.15) is 18.5 Å². The average molecular weight is 478 g/mol. The van der Waals surface area contributed by atoms with E-state index in [4.69, 9.17) is 4.98 Å². The van der Waals surface area contributed by atoms with Crippen LogP contribution in [0.25, 0.3) is 16.9 Å². The number of benzene rings is 2. The molecule has 0 aliphatic rings. The molecule has 1 N–H and O–H groups in total. The van der Waals surface area contributed by atoms with Gasteiger partial charge >= 0.3 is 152 Å². The van der Waals surface area contributed by atoms with Crippen LogP contribution in [0, 0.1) is 0 Å². The van der Waals surface area contributed by atoms with Gasteiger partial charge in [0.1, 0.15) is 0 Å². The fourth-order valence-electron chi connectivity index (χ4n) is 3.23. The Balaban J connectivity index is 1.64. The van der Waals surface area contributed by atoms with E-state index in [1.165, 1.54) is 9.14 Å². The van der Waals surface area contributed by atoms with Gasteiger partial charge in [-0.3, -0.25) is 0 Å². The molecule has 0 bridgehead atoms.